The van der Waals surface area contributed by atoms with E-state index in [0.717, 1.165) is 24.4 Å². The van der Waals surface area contributed by atoms with E-state index in [2.05, 4.69) is 44.0 Å². The van der Waals surface area contributed by atoms with Gasteiger partial charge in [-0.15, -0.1) is 0 Å². The molecule has 0 spiro atoms. The van der Waals surface area contributed by atoms with Gasteiger partial charge >= 0.3 is 0 Å². The Bertz CT molecular complexity index is 558. The molecule has 2 rings (SSSR count). The number of rotatable bonds is 6. The van der Waals surface area contributed by atoms with Gasteiger partial charge < -0.3 is 15.4 Å². The van der Waals surface area contributed by atoms with E-state index < -0.39 is 0 Å². The molecule has 112 valence electrons. The Hall–Kier alpha value is -2.16. The van der Waals surface area contributed by atoms with Gasteiger partial charge in [0.1, 0.15) is 5.75 Å². The SMILES string of the molecule is Cc1cc(C)cc(N(C)CCCOc2ccc(N)cc2)c1. The first-order valence-corrected chi connectivity index (χ1v) is 7.32. The van der Waals surface area contributed by atoms with Gasteiger partial charge in [0.2, 0.25) is 0 Å². The number of ether oxygens (including phenoxy) is 1. The van der Waals surface area contributed by atoms with Crippen molar-refractivity contribution in [2.45, 2.75) is 20.3 Å². The molecule has 0 saturated heterocycles. The predicted octanol–water partition coefficient (Wildman–Crippen LogP) is 3.79. The third-order valence-electron chi connectivity index (χ3n) is 3.43. The van der Waals surface area contributed by atoms with Crippen molar-refractivity contribution in [3.8, 4) is 5.75 Å². The second-order valence-electron chi connectivity index (χ2n) is 5.54. The van der Waals surface area contributed by atoms with E-state index >= 15 is 0 Å². The van der Waals surface area contributed by atoms with Gasteiger partial charge in [0.15, 0.2) is 0 Å². The smallest absolute Gasteiger partial charge is 0.119 e. The van der Waals surface area contributed by atoms with E-state index in [9.17, 15) is 0 Å². The van der Waals surface area contributed by atoms with Crippen molar-refractivity contribution in [2.75, 3.05) is 30.8 Å². The summed E-state index contributed by atoms with van der Waals surface area (Å²) in [5.74, 6) is 0.873. The number of hydrogen-bond acceptors (Lipinski definition) is 3. The highest BCUT2D eigenvalue weighted by atomic mass is 16.5. The van der Waals surface area contributed by atoms with Crippen LogP contribution in [0.25, 0.3) is 0 Å². The van der Waals surface area contributed by atoms with E-state index in [1.807, 2.05) is 24.3 Å². The van der Waals surface area contributed by atoms with Crippen LogP contribution in [0.4, 0.5) is 11.4 Å². The highest BCUT2D eigenvalue weighted by Gasteiger charge is 2.02. The first-order valence-electron chi connectivity index (χ1n) is 7.32. The maximum Gasteiger partial charge on any atom is 0.119 e. The topological polar surface area (TPSA) is 38.5 Å². The molecule has 0 amide bonds. The van der Waals surface area contributed by atoms with Crippen molar-refractivity contribution in [1.82, 2.24) is 0 Å². The molecule has 2 N–H and O–H groups in total. The number of nitrogens with zero attached hydrogens (tertiary/aromatic N) is 1. The van der Waals surface area contributed by atoms with Crippen molar-refractivity contribution in [1.29, 1.82) is 0 Å². The number of anilines is 2. The number of aryl methyl sites for hydroxylation is 2. The van der Waals surface area contributed by atoms with Gasteiger partial charge in [-0.3, -0.25) is 0 Å². The molecule has 0 heterocycles. The lowest BCUT2D eigenvalue weighted by molar-refractivity contribution is 0.312. The lowest BCUT2D eigenvalue weighted by Crippen LogP contribution is -2.20. The van der Waals surface area contributed by atoms with E-state index in [4.69, 9.17) is 10.5 Å². The molecular formula is C18H24N2O. The van der Waals surface area contributed by atoms with E-state index in [1.165, 1.54) is 16.8 Å². The molecule has 0 fully saturated rings. The van der Waals surface area contributed by atoms with Gasteiger partial charge in [-0.1, -0.05) is 6.07 Å². The molecule has 2 aromatic rings. The third kappa shape index (κ3) is 4.71. The Morgan fingerprint density at radius 2 is 1.62 bits per heavy atom. The normalized spacial score (nSPS) is 10.4. The molecule has 2 aromatic carbocycles. The molecule has 0 atom stereocenters. The highest BCUT2D eigenvalue weighted by Crippen LogP contribution is 2.18. The van der Waals surface area contributed by atoms with Crippen LogP contribution in [0.1, 0.15) is 17.5 Å². The zero-order valence-corrected chi connectivity index (χ0v) is 13.1. The molecule has 0 aliphatic rings. The van der Waals surface area contributed by atoms with Gasteiger partial charge in [-0.2, -0.15) is 0 Å². The molecule has 0 aromatic heterocycles. The lowest BCUT2D eigenvalue weighted by atomic mass is 10.1. The molecule has 0 aliphatic heterocycles. The summed E-state index contributed by atoms with van der Waals surface area (Å²) in [6.45, 7) is 5.94. The zero-order valence-electron chi connectivity index (χ0n) is 13.1. The Morgan fingerprint density at radius 1 is 1.00 bits per heavy atom. The average molecular weight is 284 g/mol. The summed E-state index contributed by atoms with van der Waals surface area (Å²) >= 11 is 0. The molecule has 0 aliphatic carbocycles. The minimum absolute atomic E-state index is 0.707. The third-order valence-corrected chi connectivity index (χ3v) is 3.43. The fourth-order valence-corrected chi connectivity index (χ4v) is 2.36. The van der Waals surface area contributed by atoms with E-state index in [0.29, 0.717) is 6.61 Å². The van der Waals surface area contributed by atoms with Gasteiger partial charge in [-0.25, -0.2) is 0 Å². The molecule has 0 radical (unpaired) electrons. The number of benzene rings is 2. The molecular weight excluding hydrogens is 260 g/mol. The lowest BCUT2D eigenvalue weighted by Gasteiger charge is -2.20. The van der Waals surface area contributed by atoms with Crippen LogP contribution in [0.15, 0.2) is 42.5 Å². The summed E-state index contributed by atoms with van der Waals surface area (Å²) in [5.41, 5.74) is 10.3. The summed E-state index contributed by atoms with van der Waals surface area (Å²) in [7, 11) is 2.12. The monoisotopic (exact) mass is 284 g/mol. The zero-order chi connectivity index (χ0) is 15.2. The molecule has 21 heavy (non-hydrogen) atoms. The number of hydrogen-bond donors (Lipinski definition) is 1. The van der Waals surface area contributed by atoms with Crippen LogP contribution in [0.5, 0.6) is 5.75 Å². The Morgan fingerprint density at radius 3 is 2.24 bits per heavy atom. The fourth-order valence-electron chi connectivity index (χ4n) is 2.36. The fraction of sp³-hybridized carbons (Fsp3) is 0.333. The highest BCUT2D eigenvalue weighted by molar-refractivity contribution is 5.50. The number of nitrogens with two attached hydrogens (primary N) is 1. The first kappa shape index (κ1) is 15.2. The van der Waals surface area contributed by atoms with Crippen molar-refractivity contribution in [3.63, 3.8) is 0 Å². The van der Waals surface area contributed by atoms with Crippen molar-refractivity contribution in [2.24, 2.45) is 0 Å². The van der Waals surface area contributed by atoms with Crippen LogP contribution in [-0.2, 0) is 0 Å². The molecule has 3 heteroatoms. The summed E-state index contributed by atoms with van der Waals surface area (Å²) in [4.78, 5) is 2.27. The maximum absolute atomic E-state index is 5.71. The standard InChI is InChI=1S/C18H24N2O/c1-14-11-15(2)13-17(12-14)20(3)9-4-10-21-18-7-5-16(19)6-8-18/h5-8,11-13H,4,9-10,19H2,1-3H3. The minimum Gasteiger partial charge on any atom is -0.494 e. The van der Waals surface area contributed by atoms with Crippen LogP contribution < -0.4 is 15.4 Å². The summed E-state index contributed by atoms with van der Waals surface area (Å²) in [6.07, 6.45) is 0.980. The van der Waals surface area contributed by atoms with Crippen molar-refractivity contribution < 1.29 is 4.74 Å². The van der Waals surface area contributed by atoms with Gasteiger partial charge in [0.25, 0.3) is 0 Å². The van der Waals surface area contributed by atoms with E-state index in [-0.39, 0.29) is 0 Å². The summed E-state index contributed by atoms with van der Waals surface area (Å²) < 4.78 is 5.71. The Balaban J connectivity index is 1.78. The average Bonchev–Trinajstić information content (AvgIpc) is 2.44. The second kappa shape index (κ2) is 7.02. The van der Waals surface area contributed by atoms with Crippen molar-refractivity contribution in [3.05, 3.63) is 53.6 Å². The van der Waals surface area contributed by atoms with Crippen LogP contribution >= 0.6 is 0 Å². The molecule has 0 bridgehead atoms. The second-order valence-corrected chi connectivity index (χ2v) is 5.54. The van der Waals surface area contributed by atoms with Crippen LogP contribution in [0.2, 0.25) is 0 Å². The van der Waals surface area contributed by atoms with Crippen LogP contribution in [-0.4, -0.2) is 20.2 Å². The maximum atomic E-state index is 5.71. The van der Waals surface area contributed by atoms with Crippen LogP contribution in [0.3, 0.4) is 0 Å². The Kier molecular flexibility index (Phi) is 5.09. The number of nitrogen functional groups attached to an aromatic ring is 1. The van der Waals surface area contributed by atoms with Gasteiger partial charge in [0.05, 0.1) is 6.61 Å². The Labute approximate surface area is 127 Å². The first-order chi connectivity index (χ1) is 10.0. The minimum atomic E-state index is 0.707. The predicted molar refractivity (Wildman–Crippen MR) is 90.2 cm³/mol. The quantitative estimate of drug-likeness (QED) is 0.648. The summed E-state index contributed by atoms with van der Waals surface area (Å²) in [6, 6.07) is 14.2. The van der Waals surface area contributed by atoms with Gasteiger partial charge in [-0.05, 0) is 67.8 Å². The van der Waals surface area contributed by atoms with Gasteiger partial charge in [0, 0.05) is 25.0 Å². The molecule has 0 saturated carbocycles. The largest absolute Gasteiger partial charge is 0.494 e. The summed E-state index contributed by atoms with van der Waals surface area (Å²) in [5, 5.41) is 0. The molecule has 3 nitrogen and oxygen atoms in total. The van der Waals surface area contributed by atoms with Crippen molar-refractivity contribution >= 4 is 11.4 Å². The van der Waals surface area contributed by atoms with E-state index in [1.54, 1.807) is 0 Å². The molecule has 0 unspecified atom stereocenters. The van der Waals surface area contributed by atoms with Crippen LogP contribution in [0, 0.1) is 13.8 Å².